The van der Waals surface area contributed by atoms with Gasteiger partial charge in [0.25, 0.3) is 0 Å². The lowest BCUT2D eigenvalue weighted by Crippen LogP contribution is -2.36. The summed E-state index contributed by atoms with van der Waals surface area (Å²) in [5.41, 5.74) is 4.81. The molecule has 0 aromatic heterocycles. The number of carbonyl (C=O) groups excluding carboxylic acids is 2. The monoisotopic (exact) mass is 202 g/mol. The zero-order valence-corrected chi connectivity index (χ0v) is 8.87. The lowest BCUT2D eigenvalue weighted by Gasteiger charge is -2.19. The van der Waals surface area contributed by atoms with E-state index in [1.54, 1.807) is 0 Å². The van der Waals surface area contributed by atoms with Crippen LogP contribution in [0.3, 0.4) is 0 Å². The van der Waals surface area contributed by atoms with Gasteiger partial charge in [-0.25, -0.2) is 4.79 Å². The van der Waals surface area contributed by atoms with Gasteiger partial charge in [-0.1, -0.05) is 20.8 Å². The van der Waals surface area contributed by atoms with E-state index in [0.717, 1.165) is 6.42 Å². The number of nitrogens with one attached hydrogen (secondary N) is 1. The van der Waals surface area contributed by atoms with Crippen LogP contribution >= 0.6 is 0 Å². The Hall–Kier alpha value is -1.26. The van der Waals surface area contributed by atoms with Crippen LogP contribution in [0.4, 0.5) is 4.79 Å². The van der Waals surface area contributed by atoms with Gasteiger partial charge in [-0.15, -0.1) is 0 Å². The van der Waals surface area contributed by atoms with Crippen LogP contribution in [-0.2, 0) is 9.53 Å². The third kappa shape index (κ3) is 5.40. The molecule has 5 nitrogen and oxygen atoms in total. The molecule has 0 aliphatic heterocycles. The molecule has 2 amide bonds. The first-order chi connectivity index (χ1) is 6.47. The first kappa shape index (κ1) is 12.7. The molecule has 0 bridgehead atoms. The van der Waals surface area contributed by atoms with E-state index in [9.17, 15) is 9.59 Å². The van der Waals surface area contributed by atoms with Gasteiger partial charge in [0.15, 0.2) is 0 Å². The Morgan fingerprint density at radius 2 is 2.00 bits per heavy atom. The van der Waals surface area contributed by atoms with Crippen molar-refractivity contribution >= 4 is 12.0 Å². The number of primary amides is 1. The fraction of sp³-hybridized carbons (Fsp3) is 0.778. The van der Waals surface area contributed by atoms with Crippen molar-refractivity contribution in [1.29, 1.82) is 0 Å². The van der Waals surface area contributed by atoms with Crippen molar-refractivity contribution in [3.63, 3.8) is 0 Å². The molecule has 3 N–H and O–H groups in total. The largest absolute Gasteiger partial charge is 0.461 e. The number of amides is 2. The summed E-state index contributed by atoms with van der Waals surface area (Å²) in [6.07, 6.45) is 0.664. The lowest BCUT2D eigenvalue weighted by molar-refractivity contribution is -0.150. The average molecular weight is 202 g/mol. The zero-order valence-electron chi connectivity index (χ0n) is 8.87. The molecule has 0 aliphatic rings. The molecule has 1 atom stereocenters. The van der Waals surface area contributed by atoms with Gasteiger partial charge in [0.2, 0.25) is 0 Å². The number of ether oxygens (including phenoxy) is 1. The zero-order chi connectivity index (χ0) is 11.1. The highest BCUT2D eigenvalue weighted by Crippen LogP contribution is 2.09. The normalized spacial score (nSPS) is 12.3. The van der Waals surface area contributed by atoms with E-state index in [1.807, 2.05) is 20.8 Å². The van der Waals surface area contributed by atoms with E-state index < -0.39 is 12.0 Å². The van der Waals surface area contributed by atoms with Gasteiger partial charge < -0.3 is 15.8 Å². The van der Waals surface area contributed by atoms with Gasteiger partial charge in [0, 0.05) is 0 Å². The molecule has 0 aromatic rings. The molecule has 0 rings (SSSR count). The standard InChI is InChI=1S/C9H18N2O3/c1-4-7(6(2)3)14-8(12)5-11-9(10)13/h6-7H,4-5H2,1-3H3,(H3,10,11,13). The maximum atomic E-state index is 11.1. The van der Waals surface area contributed by atoms with E-state index in [1.165, 1.54) is 0 Å². The quantitative estimate of drug-likeness (QED) is 0.641. The number of hydrogen-bond donors (Lipinski definition) is 2. The molecular formula is C9H18N2O3. The predicted octanol–water partition coefficient (Wildman–Crippen LogP) is 0.632. The molecule has 0 spiro atoms. The van der Waals surface area contributed by atoms with Crippen LogP contribution in [0.1, 0.15) is 27.2 Å². The van der Waals surface area contributed by atoms with Crippen molar-refractivity contribution in [1.82, 2.24) is 5.32 Å². The average Bonchev–Trinajstić information content (AvgIpc) is 2.10. The van der Waals surface area contributed by atoms with Crippen LogP contribution in [0, 0.1) is 5.92 Å². The maximum Gasteiger partial charge on any atom is 0.325 e. The van der Waals surface area contributed by atoms with Crippen LogP contribution in [0.5, 0.6) is 0 Å². The Morgan fingerprint density at radius 3 is 2.36 bits per heavy atom. The summed E-state index contributed by atoms with van der Waals surface area (Å²) in [7, 11) is 0. The lowest BCUT2D eigenvalue weighted by atomic mass is 10.1. The summed E-state index contributed by atoms with van der Waals surface area (Å²) in [5.74, 6) is -0.179. The number of nitrogens with two attached hydrogens (primary N) is 1. The number of hydrogen-bond acceptors (Lipinski definition) is 3. The Bertz CT molecular complexity index is 204. The molecule has 5 heteroatoms. The fourth-order valence-corrected chi connectivity index (χ4v) is 1.06. The summed E-state index contributed by atoms with van der Waals surface area (Å²) >= 11 is 0. The van der Waals surface area contributed by atoms with Crippen molar-refractivity contribution in [2.45, 2.75) is 33.3 Å². The maximum absolute atomic E-state index is 11.1. The molecular weight excluding hydrogens is 184 g/mol. The van der Waals surface area contributed by atoms with Crippen LogP contribution < -0.4 is 11.1 Å². The minimum Gasteiger partial charge on any atom is -0.461 e. The molecule has 0 aliphatic carbocycles. The van der Waals surface area contributed by atoms with Crippen LogP contribution in [0.15, 0.2) is 0 Å². The van der Waals surface area contributed by atoms with Crippen LogP contribution in [-0.4, -0.2) is 24.6 Å². The van der Waals surface area contributed by atoms with Crippen molar-refractivity contribution in [3.05, 3.63) is 0 Å². The Labute approximate surface area is 84.0 Å². The van der Waals surface area contributed by atoms with Gasteiger partial charge in [0.05, 0.1) is 0 Å². The van der Waals surface area contributed by atoms with E-state index in [4.69, 9.17) is 10.5 Å². The van der Waals surface area contributed by atoms with Crippen molar-refractivity contribution in [3.8, 4) is 0 Å². The van der Waals surface area contributed by atoms with Gasteiger partial charge in [-0.3, -0.25) is 4.79 Å². The summed E-state index contributed by atoms with van der Waals surface area (Å²) in [6.45, 7) is 5.73. The molecule has 0 fully saturated rings. The SMILES string of the molecule is CCC(OC(=O)CNC(N)=O)C(C)C. The Kier molecular flexibility index (Phi) is 5.67. The second-order valence-corrected chi connectivity index (χ2v) is 3.40. The van der Waals surface area contributed by atoms with Crippen molar-refractivity contribution in [2.24, 2.45) is 11.7 Å². The van der Waals surface area contributed by atoms with E-state index >= 15 is 0 Å². The highest BCUT2D eigenvalue weighted by molar-refractivity contribution is 5.79. The van der Waals surface area contributed by atoms with Gasteiger partial charge in [-0.2, -0.15) is 0 Å². The highest BCUT2D eigenvalue weighted by Gasteiger charge is 2.15. The number of urea groups is 1. The molecule has 0 saturated heterocycles. The first-order valence-corrected chi connectivity index (χ1v) is 4.70. The van der Waals surface area contributed by atoms with Crippen molar-refractivity contribution in [2.75, 3.05) is 6.54 Å². The highest BCUT2D eigenvalue weighted by atomic mass is 16.5. The molecule has 0 heterocycles. The first-order valence-electron chi connectivity index (χ1n) is 4.70. The van der Waals surface area contributed by atoms with Gasteiger partial charge in [-0.05, 0) is 12.3 Å². The molecule has 1 unspecified atom stereocenters. The molecule has 82 valence electrons. The van der Waals surface area contributed by atoms with Gasteiger partial charge >= 0.3 is 12.0 Å². The predicted molar refractivity (Wildman–Crippen MR) is 52.6 cm³/mol. The van der Waals surface area contributed by atoms with Crippen LogP contribution in [0.25, 0.3) is 0 Å². The minimum atomic E-state index is -0.723. The number of rotatable bonds is 5. The number of esters is 1. The summed E-state index contributed by atoms with van der Waals surface area (Å²) in [4.78, 5) is 21.4. The summed E-state index contributed by atoms with van der Waals surface area (Å²) in [6, 6.07) is -0.723. The minimum absolute atomic E-state index is 0.0998. The third-order valence-corrected chi connectivity index (χ3v) is 1.84. The summed E-state index contributed by atoms with van der Waals surface area (Å²) in [5, 5.41) is 2.18. The summed E-state index contributed by atoms with van der Waals surface area (Å²) < 4.78 is 5.10. The Balaban J connectivity index is 3.85. The smallest absolute Gasteiger partial charge is 0.325 e. The molecule has 0 saturated carbocycles. The molecule has 14 heavy (non-hydrogen) atoms. The van der Waals surface area contributed by atoms with Crippen molar-refractivity contribution < 1.29 is 14.3 Å². The topological polar surface area (TPSA) is 81.4 Å². The van der Waals surface area contributed by atoms with E-state index in [2.05, 4.69) is 5.32 Å². The van der Waals surface area contributed by atoms with E-state index in [0.29, 0.717) is 0 Å². The Morgan fingerprint density at radius 1 is 1.43 bits per heavy atom. The fourth-order valence-electron chi connectivity index (χ4n) is 1.06. The molecule has 0 aromatic carbocycles. The second kappa shape index (κ2) is 6.23. The molecule has 0 radical (unpaired) electrons. The third-order valence-electron chi connectivity index (χ3n) is 1.84. The second-order valence-electron chi connectivity index (χ2n) is 3.40. The number of carbonyl (C=O) groups is 2. The van der Waals surface area contributed by atoms with Gasteiger partial charge in [0.1, 0.15) is 12.6 Å². The van der Waals surface area contributed by atoms with E-state index in [-0.39, 0.29) is 18.6 Å². The van der Waals surface area contributed by atoms with Crippen LogP contribution in [0.2, 0.25) is 0 Å².